The van der Waals surface area contributed by atoms with Gasteiger partial charge in [0.2, 0.25) is 5.91 Å². The lowest BCUT2D eigenvalue weighted by Crippen LogP contribution is -2.15. The first-order valence-corrected chi connectivity index (χ1v) is 6.51. The summed E-state index contributed by atoms with van der Waals surface area (Å²) in [5, 5.41) is 8.00. The number of benzene rings is 1. The molecule has 3 rings (SSSR count). The zero-order valence-corrected chi connectivity index (χ0v) is 11.1. The molecule has 0 saturated heterocycles. The van der Waals surface area contributed by atoms with Gasteiger partial charge in [0.1, 0.15) is 5.82 Å². The van der Waals surface area contributed by atoms with E-state index < -0.39 is 11.7 Å². The summed E-state index contributed by atoms with van der Waals surface area (Å²) in [5.74, 6) is -0.741. The number of amides is 1. The molecule has 0 atom stereocenters. The first-order chi connectivity index (χ1) is 9.58. The number of hydrogen-bond acceptors (Lipinski definition) is 3. The molecule has 0 spiro atoms. The molecule has 0 aliphatic heterocycles. The van der Waals surface area contributed by atoms with E-state index in [9.17, 15) is 9.18 Å². The van der Waals surface area contributed by atoms with Gasteiger partial charge in [-0.15, -0.1) is 0 Å². The summed E-state index contributed by atoms with van der Waals surface area (Å²) in [4.78, 5) is 11.6. The smallest absolute Gasteiger partial charge is 0.249 e. The average Bonchev–Trinajstić information content (AvgIpc) is 3.23. The molecule has 20 heavy (non-hydrogen) atoms. The normalized spacial score (nSPS) is 14.3. The van der Waals surface area contributed by atoms with Crippen LogP contribution in [0.5, 0.6) is 0 Å². The molecular formula is C15H14FN3O. The predicted molar refractivity (Wildman–Crippen MR) is 72.7 cm³/mol. The van der Waals surface area contributed by atoms with Gasteiger partial charge in [0, 0.05) is 11.1 Å². The van der Waals surface area contributed by atoms with E-state index in [1.54, 1.807) is 12.1 Å². The fourth-order valence-corrected chi connectivity index (χ4v) is 2.40. The number of aryl methyl sites for hydroxylation is 1. The van der Waals surface area contributed by atoms with E-state index in [4.69, 9.17) is 5.73 Å². The van der Waals surface area contributed by atoms with Gasteiger partial charge >= 0.3 is 0 Å². The van der Waals surface area contributed by atoms with E-state index in [2.05, 4.69) is 10.2 Å². The van der Waals surface area contributed by atoms with Crippen LogP contribution in [0, 0.1) is 12.7 Å². The van der Waals surface area contributed by atoms with Crippen LogP contribution in [0.1, 0.15) is 40.4 Å². The fraction of sp³-hybridized carbons (Fsp3) is 0.267. The van der Waals surface area contributed by atoms with Crippen molar-refractivity contribution in [2.24, 2.45) is 5.73 Å². The van der Waals surface area contributed by atoms with Gasteiger partial charge in [-0.2, -0.15) is 10.2 Å². The van der Waals surface area contributed by atoms with Gasteiger partial charge in [0.05, 0.1) is 11.4 Å². The largest absolute Gasteiger partial charge is 0.366 e. The topological polar surface area (TPSA) is 68.9 Å². The summed E-state index contributed by atoms with van der Waals surface area (Å²) in [5.41, 5.74) is 8.02. The molecule has 1 aromatic heterocycles. The molecule has 1 fully saturated rings. The highest BCUT2D eigenvalue weighted by Crippen LogP contribution is 2.46. The van der Waals surface area contributed by atoms with Crippen molar-refractivity contribution in [1.82, 2.24) is 10.2 Å². The molecule has 0 bridgehead atoms. The Bertz CT molecular complexity index is 678. The summed E-state index contributed by atoms with van der Waals surface area (Å²) in [6, 6.07) is 6.21. The number of rotatable bonds is 3. The zero-order chi connectivity index (χ0) is 14.3. The third-order valence-electron chi connectivity index (χ3n) is 3.50. The fourth-order valence-electron chi connectivity index (χ4n) is 2.40. The third kappa shape index (κ3) is 2.15. The Morgan fingerprint density at radius 2 is 2.00 bits per heavy atom. The van der Waals surface area contributed by atoms with Gasteiger partial charge in [-0.25, -0.2) is 4.39 Å². The van der Waals surface area contributed by atoms with Crippen LogP contribution in [-0.4, -0.2) is 16.1 Å². The Morgan fingerprint density at radius 3 is 2.55 bits per heavy atom. The number of primary amides is 1. The van der Waals surface area contributed by atoms with Crippen molar-refractivity contribution in [3.8, 4) is 11.3 Å². The predicted octanol–water partition coefficient (Wildman–Crippen LogP) is 2.57. The van der Waals surface area contributed by atoms with Crippen LogP contribution in [0.2, 0.25) is 0 Å². The summed E-state index contributed by atoms with van der Waals surface area (Å²) >= 11 is 0. The van der Waals surface area contributed by atoms with Crippen LogP contribution in [0.3, 0.4) is 0 Å². The Balaban J connectivity index is 2.25. The minimum absolute atomic E-state index is 0.186. The first-order valence-electron chi connectivity index (χ1n) is 6.51. The number of carbonyl (C=O) groups excluding carboxylic acids is 1. The second kappa shape index (κ2) is 4.67. The van der Waals surface area contributed by atoms with Crippen molar-refractivity contribution in [3.05, 3.63) is 46.9 Å². The highest BCUT2D eigenvalue weighted by Gasteiger charge is 2.32. The van der Waals surface area contributed by atoms with E-state index in [0.29, 0.717) is 22.4 Å². The van der Waals surface area contributed by atoms with Gasteiger partial charge in [-0.3, -0.25) is 4.79 Å². The lowest BCUT2D eigenvalue weighted by atomic mass is 9.94. The van der Waals surface area contributed by atoms with Crippen LogP contribution in [-0.2, 0) is 0 Å². The SMILES string of the molecule is Cc1ccc(-c2c(F)ccc(C(N)=O)c2C2CC2)nn1. The van der Waals surface area contributed by atoms with E-state index >= 15 is 0 Å². The lowest BCUT2D eigenvalue weighted by molar-refractivity contribution is 0.0999. The van der Waals surface area contributed by atoms with Gasteiger partial charge in [0.25, 0.3) is 0 Å². The maximum atomic E-state index is 14.2. The molecule has 1 aliphatic rings. The lowest BCUT2D eigenvalue weighted by Gasteiger charge is -2.13. The first kappa shape index (κ1) is 12.7. The molecule has 1 amide bonds. The molecule has 1 aromatic carbocycles. The third-order valence-corrected chi connectivity index (χ3v) is 3.50. The maximum absolute atomic E-state index is 14.2. The van der Waals surface area contributed by atoms with Crippen molar-refractivity contribution in [1.29, 1.82) is 0 Å². The summed E-state index contributed by atoms with van der Waals surface area (Å²) in [6.07, 6.45) is 1.88. The van der Waals surface area contributed by atoms with E-state index in [1.807, 2.05) is 6.92 Å². The van der Waals surface area contributed by atoms with Crippen molar-refractivity contribution >= 4 is 5.91 Å². The summed E-state index contributed by atoms with van der Waals surface area (Å²) < 4.78 is 14.2. The van der Waals surface area contributed by atoms with Crippen LogP contribution in [0.25, 0.3) is 11.3 Å². The monoisotopic (exact) mass is 271 g/mol. The van der Waals surface area contributed by atoms with Crippen molar-refractivity contribution in [2.75, 3.05) is 0 Å². The minimum Gasteiger partial charge on any atom is -0.366 e. The summed E-state index contributed by atoms with van der Waals surface area (Å²) in [7, 11) is 0. The van der Waals surface area contributed by atoms with E-state index in [-0.39, 0.29) is 5.92 Å². The average molecular weight is 271 g/mol. The van der Waals surface area contributed by atoms with Gasteiger partial charge < -0.3 is 5.73 Å². The standard InChI is InChI=1S/C15H14FN3O/c1-8-2-7-12(19-18-8)14-11(16)6-5-10(15(17)20)13(14)9-3-4-9/h2,5-7,9H,3-4H2,1H3,(H2,17,20). The van der Waals surface area contributed by atoms with Crippen molar-refractivity contribution in [3.63, 3.8) is 0 Å². The van der Waals surface area contributed by atoms with E-state index in [1.165, 1.54) is 12.1 Å². The number of halogens is 1. The molecule has 2 N–H and O–H groups in total. The highest BCUT2D eigenvalue weighted by molar-refractivity contribution is 5.96. The maximum Gasteiger partial charge on any atom is 0.249 e. The summed E-state index contributed by atoms with van der Waals surface area (Å²) in [6.45, 7) is 1.81. The molecule has 4 nitrogen and oxygen atoms in total. The van der Waals surface area contributed by atoms with Crippen LogP contribution >= 0.6 is 0 Å². The molecule has 1 heterocycles. The Hall–Kier alpha value is -2.30. The second-order valence-corrected chi connectivity index (χ2v) is 5.08. The minimum atomic E-state index is -0.534. The van der Waals surface area contributed by atoms with Crippen LogP contribution < -0.4 is 5.73 Å². The number of hydrogen-bond donors (Lipinski definition) is 1. The Labute approximate surface area is 115 Å². The molecule has 1 aliphatic carbocycles. The number of carbonyl (C=O) groups is 1. The Morgan fingerprint density at radius 1 is 1.25 bits per heavy atom. The molecule has 1 saturated carbocycles. The quantitative estimate of drug-likeness (QED) is 0.932. The molecule has 0 radical (unpaired) electrons. The van der Waals surface area contributed by atoms with E-state index in [0.717, 1.165) is 18.5 Å². The molecule has 0 unspecified atom stereocenters. The van der Waals surface area contributed by atoms with Crippen LogP contribution in [0.4, 0.5) is 4.39 Å². The van der Waals surface area contributed by atoms with Gasteiger partial charge in [0.15, 0.2) is 0 Å². The Kier molecular flexibility index (Phi) is 2.97. The molecular weight excluding hydrogens is 257 g/mol. The van der Waals surface area contributed by atoms with Gasteiger partial charge in [-0.1, -0.05) is 0 Å². The van der Waals surface area contributed by atoms with Gasteiger partial charge in [-0.05, 0) is 55.5 Å². The molecule has 2 aromatic rings. The molecule has 5 heteroatoms. The number of aromatic nitrogens is 2. The van der Waals surface area contributed by atoms with Crippen molar-refractivity contribution in [2.45, 2.75) is 25.7 Å². The number of nitrogens with zero attached hydrogens (tertiary/aromatic N) is 2. The molecule has 102 valence electrons. The highest BCUT2D eigenvalue weighted by atomic mass is 19.1. The van der Waals surface area contributed by atoms with Crippen molar-refractivity contribution < 1.29 is 9.18 Å². The number of nitrogens with two attached hydrogens (primary N) is 1. The zero-order valence-electron chi connectivity index (χ0n) is 11.1. The second-order valence-electron chi connectivity index (χ2n) is 5.08. The van der Waals surface area contributed by atoms with Crippen LogP contribution in [0.15, 0.2) is 24.3 Å².